The Balaban J connectivity index is 2.00. The highest BCUT2D eigenvalue weighted by atomic mass is 16.8. The summed E-state index contributed by atoms with van der Waals surface area (Å²) in [6.07, 6.45) is -1.17. The van der Waals surface area contributed by atoms with Crippen LogP contribution < -0.4 is 5.06 Å². The van der Waals surface area contributed by atoms with Gasteiger partial charge in [0, 0.05) is 24.3 Å². The summed E-state index contributed by atoms with van der Waals surface area (Å²) in [5, 5.41) is 13.5. The lowest BCUT2D eigenvalue weighted by molar-refractivity contribution is -0.936. The predicted octanol–water partition coefficient (Wildman–Crippen LogP) is 1.76. The topological polar surface area (TPSA) is 100 Å². The third kappa shape index (κ3) is 5.05. The van der Waals surface area contributed by atoms with Crippen molar-refractivity contribution in [3.8, 4) is 0 Å². The van der Waals surface area contributed by atoms with Crippen LogP contribution in [0.3, 0.4) is 0 Å². The monoisotopic (exact) mass is 378 g/mol. The number of ether oxygens (including phenoxy) is 1. The van der Waals surface area contributed by atoms with Gasteiger partial charge in [0.15, 0.2) is 0 Å². The number of hydroxylamine groups is 4. The van der Waals surface area contributed by atoms with E-state index >= 15 is 0 Å². The van der Waals surface area contributed by atoms with Crippen LogP contribution in [0.2, 0.25) is 0 Å². The van der Waals surface area contributed by atoms with Crippen LogP contribution >= 0.6 is 0 Å². The van der Waals surface area contributed by atoms with Gasteiger partial charge < -0.3 is 15.0 Å². The number of quaternary nitrogens is 1. The van der Waals surface area contributed by atoms with Gasteiger partial charge in [-0.15, -0.1) is 0 Å². The molecule has 0 aromatic heterocycles. The molecule has 27 heavy (non-hydrogen) atoms. The van der Waals surface area contributed by atoms with Gasteiger partial charge in [0.05, 0.1) is 0 Å². The lowest BCUT2D eigenvalue weighted by Gasteiger charge is -2.44. The molecule has 8 heteroatoms. The molecule has 1 aliphatic heterocycles. The van der Waals surface area contributed by atoms with Gasteiger partial charge in [-0.3, -0.25) is 14.4 Å². The number of amides is 2. The van der Waals surface area contributed by atoms with E-state index in [1.165, 1.54) is 0 Å². The van der Waals surface area contributed by atoms with Gasteiger partial charge in [-0.2, -0.15) is 0 Å². The van der Waals surface area contributed by atoms with Crippen molar-refractivity contribution in [1.29, 1.82) is 0 Å². The van der Waals surface area contributed by atoms with Gasteiger partial charge >= 0.3 is 6.16 Å². The van der Waals surface area contributed by atoms with Gasteiger partial charge in [-0.05, 0) is 13.8 Å². The normalized spacial score (nSPS) is 17.2. The van der Waals surface area contributed by atoms with Crippen molar-refractivity contribution < 1.29 is 29.0 Å². The second-order valence-corrected chi connectivity index (χ2v) is 7.59. The molecule has 0 spiro atoms. The molecule has 1 aromatic rings. The maximum absolute atomic E-state index is 13.1. The number of carbonyl (C=O) groups excluding carboxylic acids is 3. The summed E-state index contributed by atoms with van der Waals surface area (Å²) in [5.41, 5.74) is -0.0653. The number of benzene rings is 1. The van der Waals surface area contributed by atoms with Crippen molar-refractivity contribution in [3.05, 3.63) is 41.1 Å². The molecular weight excluding hydrogens is 352 g/mol. The molecule has 2 atom stereocenters. The van der Waals surface area contributed by atoms with Gasteiger partial charge in [0.25, 0.3) is 11.8 Å². The zero-order valence-corrected chi connectivity index (χ0v) is 16.1. The molecule has 0 bridgehead atoms. The van der Waals surface area contributed by atoms with E-state index in [0.29, 0.717) is 5.06 Å². The molecule has 0 saturated carbocycles. The molecule has 8 nitrogen and oxygen atoms in total. The largest absolute Gasteiger partial charge is 0.633 e. The molecule has 148 valence electrons. The first kappa shape index (κ1) is 20.9. The lowest BCUT2D eigenvalue weighted by Crippen LogP contribution is -3.16. The Morgan fingerprint density at radius 1 is 1.19 bits per heavy atom. The van der Waals surface area contributed by atoms with E-state index < -0.39 is 23.5 Å². The highest BCUT2D eigenvalue weighted by Crippen LogP contribution is 2.20. The molecule has 1 fully saturated rings. The van der Waals surface area contributed by atoms with Crippen molar-refractivity contribution in [1.82, 2.24) is 5.06 Å². The van der Waals surface area contributed by atoms with Crippen molar-refractivity contribution in [2.24, 2.45) is 5.92 Å². The SMILES string of the molecule is CC(C)C(c1ccccc1)[NH+]([O-])C(C)(C)COC(=O)ON1C(=O)CCC1=O. The Kier molecular flexibility index (Phi) is 6.56. The summed E-state index contributed by atoms with van der Waals surface area (Å²) < 4.78 is 5.02. The Hall–Kier alpha value is -2.45. The van der Waals surface area contributed by atoms with E-state index in [0.717, 1.165) is 5.56 Å². The van der Waals surface area contributed by atoms with Crippen LogP contribution in [0.4, 0.5) is 4.79 Å². The average molecular weight is 378 g/mol. The highest BCUT2D eigenvalue weighted by Gasteiger charge is 2.37. The van der Waals surface area contributed by atoms with E-state index in [1.807, 2.05) is 44.2 Å². The fourth-order valence-electron chi connectivity index (χ4n) is 2.99. The van der Waals surface area contributed by atoms with Gasteiger partial charge in [-0.25, -0.2) is 4.79 Å². The van der Waals surface area contributed by atoms with Crippen molar-refractivity contribution >= 4 is 18.0 Å². The van der Waals surface area contributed by atoms with Crippen LogP contribution in [0, 0.1) is 11.1 Å². The summed E-state index contributed by atoms with van der Waals surface area (Å²) in [7, 11) is 0. The number of imide groups is 1. The molecule has 2 rings (SSSR count). The Morgan fingerprint density at radius 3 is 2.26 bits per heavy atom. The van der Waals surface area contributed by atoms with Crippen LogP contribution in [0.15, 0.2) is 30.3 Å². The Morgan fingerprint density at radius 2 is 1.74 bits per heavy atom. The Labute approximate surface area is 158 Å². The van der Waals surface area contributed by atoms with Crippen molar-refractivity contribution in [2.45, 2.75) is 52.1 Å². The van der Waals surface area contributed by atoms with Crippen LogP contribution in [-0.4, -0.2) is 35.2 Å². The summed E-state index contributed by atoms with van der Waals surface area (Å²) in [6, 6.07) is 9.10. The third-order valence-electron chi connectivity index (χ3n) is 4.50. The van der Waals surface area contributed by atoms with Gasteiger partial charge in [0.1, 0.15) is 18.2 Å². The number of nitrogens with one attached hydrogen (secondary N) is 1. The summed E-state index contributed by atoms with van der Waals surface area (Å²) in [4.78, 5) is 39.4. The third-order valence-corrected chi connectivity index (χ3v) is 4.50. The number of carbonyl (C=O) groups is 3. The summed E-state index contributed by atoms with van der Waals surface area (Å²) in [6.45, 7) is 7.08. The van der Waals surface area contributed by atoms with Crippen molar-refractivity contribution in [2.75, 3.05) is 6.61 Å². The summed E-state index contributed by atoms with van der Waals surface area (Å²) >= 11 is 0. The smallest absolute Gasteiger partial charge is 0.534 e. The standard InChI is InChI=1S/C19H26N2O6/c1-13(2)17(14-8-6-5-7-9-14)21(25)19(3,4)12-26-18(24)27-20-15(22)10-11-16(20)23/h5-9,13,17,21H,10-12H2,1-4H3. The van der Waals surface area contributed by atoms with E-state index in [2.05, 4.69) is 4.84 Å². The maximum atomic E-state index is 13.1. The minimum atomic E-state index is -1.18. The van der Waals surface area contributed by atoms with E-state index in [-0.39, 0.29) is 36.5 Å². The fraction of sp³-hybridized carbons (Fsp3) is 0.526. The number of nitrogens with zero attached hydrogens (tertiary/aromatic N) is 1. The molecule has 2 unspecified atom stereocenters. The highest BCUT2D eigenvalue weighted by molar-refractivity contribution is 6.01. The van der Waals surface area contributed by atoms with Gasteiger partial charge in [-0.1, -0.05) is 49.2 Å². The maximum Gasteiger partial charge on any atom is 0.534 e. The molecule has 1 N–H and O–H groups in total. The molecular formula is C19H26N2O6. The Bertz CT molecular complexity index is 673. The van der Waals surface area contributed by atoms with Crippen LogP contribution in [0.5, 0.6) is 0 Å². The lowest BCUT2D eigenvalue weighted by atomic mass is 9.92. The molecule has 1 heterocycles. The first-order valence-corrected chi connectivity index (χ1v) is 8.93. The van der Waals surface area contributed by atoms with Crippen LogP contribution in [0.1, 0.15) is 52.1 Å². The van der Waals surface area contributed by atoms with E-state index in [4.69, 9.17) is 4.74 Å². The molecule has 0 radical (unpaired) electrons. The van der Waals surface area contributed by atoms with E-state index in [9.17, 15) is 19.6 Å². The molecule has 0 aliphatic carbocycles. The predicted molar refractivity (Wildman–Crippen MR) is 95.9 cm³/mol. The summed E-state index contributed by atoms with van der Waals surface area (Å²) in [5.74, 6) is -1.11. The van der Waals surface area contributed by atoms with E-state index in [1.54, 1.807) is 13.8 Å². The minimum absolute atomic E-state index is 0.00321. The minimum Gasteiger partial charge on any atom is -0.633 e. The average Bonchev–Trinajstić information content (AvgIpc) is 2.93. The molecule has 1 aromatic carbocycles. The second kappa shape index (κ2) is 8.49. The van der Waals surface area contributed by atoms with Crippen LogP contribution in [-0.2, 0) is 19.2 Å². The first-order chi connectivity index (χ1) is 12.6. The first-order valence-electron chi connectivity index (χ1n) is 8.93. The van der Waals surface area contributed by atoms with Gasteiger partial charge in [0.2, 0.25) is 0 Å². The molecule has 1 aliphatic rings. The number of rotatable bonds is 7. The van der Waals surface area contributed by atoms with Crippen LogP contribution in [0.25, 0.3) is 0 Å². The number of hydrogen-bond acceptors (Lipinski definition) is 6. The van der Waals surface area contributed by atoms with Crippen molar-refractivity contribution in [3.63, 3.8) is 0 Å². The zero-order chi connectivity index (χ0) is 20.2. The quantitative estimate of drug-likeness (QED) is 0.441. The fourth-order valence-corrected chi connectivity index (χ4v) is 2.99. The number of hydrogen-bond donors (Lipinski definition) is 1. The second-order valence-electron chi connectivity index (χ2n) is 7.59. The zero-order valence-electron chi connectivity index (χ0n) is 16.1. The molecule has 1 saturated heterocycles. The molecule has 2 amide bonds.